The van der Waals surface area contributed by atoms with Crippen LogP contribution in [-0.2, 0) is 9.59 Å². The van der Waals surface area contributed by atoms with E-state index >= 15 is 0 Å². The minimum atomic E-state index is -0.315. The van der Waals surface area contributed by atoms with E-state index in [-0.39, 0.29) is 34.8 Å². The Morgan fingerprint density at radius 3 is 2.54 bits per heavy atom. The highest BCUT2D eigenvalue weighted by atomic mass is 79.9. The lowest BCUT2D eigenvalue weighted by Crippen LogP contribution is -3.00. The third-order valence-corrected chi connectivity index (χ3v) is 5.21. The molecule has 0 bridgehead atoms. The first-order valence-corrected chi connectivity index (χ1v) is 9.21. The number of thioether (sulfide) groups is 1. The van der Waals surface area contributed by atoms with Gasteiger partial charge < -0.3 is 27.0 Å². The molecule has 1 saturated heterocycles. The van der Waals surface area contributed by atoms with Crippen LogP contribution in [0.15, 0.2) is 40.2 Å². The summed E-state index contributed by atoms with van der Waals surface area (Å²) >= 11 is 1.32. The summed E-state index contributed by atoms with van der Waals surface area (Å²) in [6.07, 6.45) is 5.59. The van der Waals surface area contributed by atoms with Crippen molar-refractivity contribution in [2.45, 2.75) is 37.8 Å². The predicted molar refractivity (Wildman–Crippen MR) is 97.6 cm³/mol. The van der Waals surface area contributed by atoms with Crippen molar-refractivity contribution in [2.24, 2.45) is 4.99 Å². The van der Waals surface area contributed by atoms with E-state index in [2.05, 4.69) is 10.3 Å². The van der Waals surface area contributed by atoms with Gasteiger partial charge in [0.25, 0.3) is 5.91 Å². The van der Waals surface area contributed by atoms with Crippen molar-refractivity contribution in [1.29, 1.82) is 0 Å². The Labute approximate surface area is 166 Å². The minimum absolute atomic E-state index is 0. The van der Waals surface area contributed by atoms with Crippen LogP contribution in [0.25, 0.3) is 0 Å². The number of ether oxygens (including phenoxy) is 1. The molecular formula is C18H19BrN3O3S-. The van der Waals surface area contributed by atoms with E-state index in [0.717, 1.165) is 36.6 Å². The van der Waals surface area contributed by atoms with Crippen LogP contribution in [0, 0.1) is 0 Å². The highest BCUT2D eigenvalue weighted by Crippen LogP contribution is 2.40. The van der Waals surface area contributed by atoms with Crippen LogP contribution < -0.4 is 27.0 Å². The number of aliphatic imine (C=N–C) groups is 1. The normalized spacial score (nSPS) is 22.5. The van der Waals surface area contributed by atoms with E-state index < -0.39 is 0 Å². The van der Waals surface area contributed by atoms with E-state index in [9.17, 15) is 9.59 Å². The number of halogens is 1. The fraction of sp³-hybridized carbons (Fsp3) is 0.389. The molecule has 0 aromatic heterocycles. The molecule has 2 saturated carbocycles. The molecule has 0 unspecified atom stereocenters. The van der Waals surface area contributed by atoms with Gasteiger partial charge in [-0.3, -0.25) is 19.5 Å². The molecule has 26 heavy (non-hydrogen) atoms. The first-order valence-electron chi connectivity index (χ1n) is 8.40. The van der Waals surface area contributed by atoms with Crippen LogP contribution in [0.3, 0.4) is 0 Å². The van der Waals surface area contributed by atoms with Crippen molar-refractivity contribution in [1.82, 2.24) is 4.90 Å². The van der Waals surface area contributed by atoms with Gasteiger partial charge in [-0.05, 0) is 61.7 Å². The summed E-state index contributed by atoms with van der Waals surface area (Å²) < 4.78 is 5.09. The Hall–Kier alpha value is -1.80. The molecular weight excluding hydrogens is 418 g/mol. The molecule has 2 amide bonds. The van der Waals surface area contributed by atoms with Crippen LogP contribution in [0.1, 0.15) is 25.7 Å². The maximum atomic E-state index is 12.6. The van der Waals surface area contributed by atoms with Crippen molar-refractivity contribution in [2.75, 3.05) is 12.4 Å². The van der Waals surface area contributed by atoms with Crippen molar-refractivity contribution in [3.8, 4) is 5.75 Å². The molecule has 1 aliphatic heterocycles. The SMILES string of the molecule is COc1ccc(NC(=O)/C=C2\SC(=NC3CC3)N(C3CC3)C2=O)cc1.[Br-]. The summed E-state index contributed by atoms with van der Waals surface area (Å²) in [5.41, 5.74) is 0.656. The maximum absolute atomic E-state index is 12.6. The summed E-state index contributed by atoms with van der Waals surface area (Å²) in [5.74, 6) is 0.306. The fourth-order valence-electron chi connectivity index (χ4n) is 2.56. The molecule has 0 radical (unpaired) electrons. The molecule has 138 valence electrons. The van der Waals surface area contributed by atoms with Gasteiger partial charge in [-0.1, -0.05) is 0 Å². The number of anilines is 1. The van der Waals surface area contributed by atoms with Crippen molar-refractivity contribution < 1.29 is 31.3 Å². The molecule has 1 N–H and O–H groups in total. The summed E-state index contributed by atoms with van der Waals surface area (Å²) in [7, 11) is 1.59. The van der Waals surface area contributed by atoms with Gasteiger partial charge >= 0.3 is 0 Å². The zero-order chi connectivity index (χ0) is 17.4. The summed E-state index contributed by atoms with van der Waals surface area (Å²) in [6, 6.07) is 7.67. The summed E-state index contributed by atoms with van der Waals surface area (Å²) in [5, 5.41) is 3.54. The van der Waals surface area contributed by atoms with Crippen LogP contribution in [0.4, 0.5) is 5.69 Å². The number of nitrogens with one attached hydrogen (secondary N) is 1. The first-order chi connectivity index (χ1) is 12.1. The average Bonchev–Trinajstić information content (AvgIpc) is 3.51. The standard InChI is InChI=1S/C18H19N3O3S.BrH/c1-24-14-8-4-11(5-9-14)19-16(22)10-15-17(23)21(13-6-7-13)18(25-15)20-12-2-3-12;/h4-5,8-10,12-13H,2-3,6-7H2,1H3,(H,19,22);1H/p-1/b15-10-,20-18?;. The number of nitrogens with zero attached hydrogens (tertiary/aromatic N) is 2. The third-order valence-electron chi connectivity index (χ3n) is 4.21. The highest BCUT2D eigenvalue weighted by molar-refractivity contribution is 8.18. The largest absolute Gasteiger partial charge is 1.00 e. The van der Waals surface area contributed by atoms with Gasteiger partial charge in [-0.15, -0.1) is 0 Å². The zero-order valence-electron chi connectivity index (χ0n) is 14.3. The predicted octanol–water partition coefficient (Wildman–Crippen LogP) is -0.222. The number of benzene rings is 1. The molecule has 1 aromatic rings. The molecule has 1 heterocycles. The number of carbonyl (C=O) groups excluding carboxylic acids is 2. The number of methoxy groups -OCH3 is 1. The summed E-state index contributed by atoms with van der Waals surface area (Å²) in [4.78, 5) is 31.7. The van der Waals surface area contributed by atoms with E-state index in [1.54, 1.807) is 36.3 Å². The molecule has 3 aliphatic rings. The molecule has 4 rings (SSSR count). The quantitative estimate of drug-likeness (QED) is 0.647. The Balaban J connectivity index is 0.00000196. The Morgan fingerprint density at radius 1 is 1.27 bits per heavy atom. The number of hydrogen-bond donors (Lipinski definition) is 1. The van der Waals surface area contributed by atoms with E-state index in [4.69, 9.17) is 4.74 Å². The van der Waals surface area contributed by atoms with Crippen molar-refractivity contribution in [3.05, 3.63) is 35.2 Å². The summed E-state index contributed by atoms with van der Waals surface area (Å²) in [6.45, 7) is 0. The minimum Gasteiger partial charge on any atom is -1.00 e. The topological polar surface area (TPSA) is 71.0 Å². The van der Waals surface area contributed by atoms with Gasteiger partial charge in [0.1, 0.15) is 5.75 Å². The Kier molecular flexibility index (Phi) is 5.72. The lowest BCUT2D eigenvalue weighted by Gasteiger charge is -2.13. The molecule has 0 spiro atoms. The average molecular weight is 437 g/mol. The van der Waals surface area contributed by atoms with Gasteiger partial charge in [-0.2, -0.15) is 0 Å². The zero-order valence-corrected chi connectivity index (χ0v) is 16.7. The van der Waals surface area contributed by atoms with Crippen molar-refractivity contribution >= 4 is 34.4 Å². The fourth-order valence-corrected chi connectivity index (χ4v) is 3.64. The Bertz CT molecular complexity index is 770. The second kappa shape index (κ2) is 7.84. The molecule has 2 aliphatic carbocycles. The molecule has 1 aromatic carbocycles. The monoisotopic (exact) mass is 436 g/mol. The second-order valence-electron chi connectivity index (χ2n) is 6.38. The number of rotatable bonds is 5. The van der Waals surface area contributed by atoms with Gasteiger partial charge in [0.15, 0.2) is 5.17 Å². The number of amides is 2. The van der Waals surface area contributed by atoms with E-state index in [1.807, 2.05) is 0 Å². The lowest BCUT2D eigenvalue weighted by molar-refractivity contribution is -0.123. The second-order valence-corrected chi connectivity index (χ2v) is 7.39. The number of amidine groups is 1. The van der Waals surface area contributed by atoms with Gasteiger partial charge in [0, 0.05) is 17.8 Å². The van der Waals surface area contributed by atoms with E-state index in [1.165, 1.54) is 17.8 Å². The first kappa shape index (κ1) is 19.0. The van der Waals surface area contributed by atoms with Gasteiger partial charge in [0.05, 0.1) is 18.1 Å². The van der Waals surface area contributed by atoms with Crippen molar-refractivity contribution in [3.63, 3.8) is 0 Å². The Morgan fingerprint density at radius 2 is 1.96 bits per heavy atom. The highest BCUT2D eigenvalue weighted by Gasteiger charge is 2.43. The maximum Gasteiger partial charge on any atom is 0.267 e. The molecule has 6 nitrogen and oxygen atoms in total. The number of hydrogen-bond acceptors (Lipinski definition) is 5. The molecule has 8 heteroatoms. The van der Waals surface area contributed by atoms with Gasteiger partial charge in [0.2, 0.25) is 5.91 Å². The third kappa shape index (κ3) is 4.29. The smallest absolute Gasteiger partial charge is 0.267 e. The van der Waals surface area contributed by atoms with Crippen LogP contribution in [0.2, 0.25) is 0 Å². The molecule has 0 atom stereocenters. The van der Waals surface area contributed by atoms with Crippen LogP contribution in [0.5, 0.6) is 5.75 Å². The van der Waals surface area contributed by atoms with E-state index in [0.29, 0.717) is 16.6 Å². The van der Waals surface area contributed by atoms with Crippen LogP contribution >= 0.6 is 11.8 Å². The molecule has 3 fully saturated rings. The lowest BCUT2D eigenvalue weighted by atomic mass is 10.3. The number of carbonyl (C=O) groups is 2. The van der Waals surface area contributed by atoms with Crippen LogP contribution in [-0.4, -0.2) is 41.1 Å². The van der Waals surface area contributed by atoms with Gasteiger partial charge in [-0.25, -0.2) is 0 Å².